The molecule has 2 aliphatic heterocycles. The van der Waals surface area contributed by atoms with Crippen LogP contribution in [0.25, 0.3) is 0 Å². The van der Waals surface area contributed by atoms with Gasteiger partial charge in [-0.3, -0.25) is 0 Å². The zero-order chi connectivity index (χ0) is 15.0. The summed E-state index contributed by atoms with van der Waals surface area (Å²) in [6, 6.07) is 2.13. The van der Waals surface area contributed by atoms with Crippen LogP contribution in [0.2, 0.25) is 0 Å². The van der Waals surface area contributed by atoms with E-state index in [0.717, 1.165) is 25.8 Å². The number of aliphatic hydroxyl groups excluding tert-OH is 1. The lowest BCUT2D eigenvalue weighted by atomic mass is 9.85. The number of rotatable bonds is 3. The van der Waals surface area contributed by atoms with Crippen molar-refractivity contribution in [3.8, 4) is 0 Å². The summed E-state index contributed by atoms with van der Waals surface area (Å²) in [7, 11) is -1.25. The number of nitrogens with zero attached hydrogens (tertiary/aromatic N) is 2. The Kier molecular flexibility index (Phi) is 4.38. The molecule has 0 aromatic carbocycles. The third kappa shape index (κ3) is 2.90. The monoisotopic (exact) mass is 330 g/mol. The minimum absolute atomic E-state index is 0.110. The standard InChI is InChI=1S/C14H22N2O3S2/c1-15-5-2-3-12-8-16(6-4-13(12)15)21(18,19)14-7-11(9-17)10-20-14/h7,10,12-13,17H,2-6,8-9H2,1H3. The van der Waals surface area contributed by atoms with Gasteiger partial charge in [-0.25, -0.2) is 8.42 Å². The number of likely N-dealkylation sites (tertiary alicyclic amines) is 1. The predicted molar refractivity (Wildman–Crippen MR) is 82.8 cm³/mol. The first-order valence-corrected chi connectivity index (χ1v) is 9.73. The van der Waals surface area contributed by atoms with Gasteiger partial charge in [0.1, 0.15) is 4.21 Å². The Labute approximate surface area is 130 Å². The molecule has 21 heavy (non-hydrogen) atoms. The lowest BCUT2D eigenvalue weighted by Gasteiger charge is -2.45. The quantitative estimate of drug-likeness (QED) is 0.909. The van der Waals surface area contributed by atoms with Gasteiger partial charge in [-0.1, -0.05) is 0 Å². The van der Waals surface area contributed by atoms with E-state index in [1.807, 2.05) is 0 Å². The number of hydrogen-bond acceptors (Lipinski definition) is 5. The summed E-state index contributed by atoms with van der Waals surface area (Å²) < 4.78 is 27.4. The molecular weight excluding hydrogens is 308 g/mol. The summed E-state index contributed by atoms with van der Waals surface area (Å²) in [5, 5.41) is 10.8. The highest BCUT2D eigenvalue weighted by atomic mass is 32.2. The molecule has 2 aliphatic rings. The van der Waals surface area contributed by atoms with Crippen molar-refractivity contribution >= 4 is 21.4 Å². The Morgan fingerprint density at radius 2 is 2.19 bits per heavy atom. The fourth-order valence-electron chi connectivity index (χ4n) is 3.54. The Bertz CT molecular complexity index is 599. The molecule has 3 rings (SSSR count). The van der Waals surface area contributed by atoms with Crippen LogP contribution in [0.5, 0.6) is 0 Å². The van der Waals surface area contributed by atoms with Crippen molar-refractivity contribution in [2.24, 2.45) is 5.92 Å². The number of aliphatic hydroxyl groups is 1. The van der Waals surface area contributed by atoms with Crippen molar-refractivity contribution in [2.45, 2.75) is 36.1 Å². The molecule has 5 nitrogen and oxygen atoms in total. The molecular formula is C14H22N2O3S2. The van der Waals surface area contributed by atoms with E-state index < -0.39 is 10.0 Å². The molecule has 0 bridgehead atoms. The van der Waals surface area contributed by atoms with Crippen LogP contribution in [0.15, 0.2) is 15.7 Å². The maximum atomic E-state index is 12.7. The molecule has 2 saturated heterocycles. The Balaban J connectivity index is 1.78. The summed E-state index contributed by atoms with van der Waals surface area (Å²) in [6.07, 6.45) is 3.19. The van der Waals surface area contributed by atoms with Crippen molar-refractivity contribution < 1.29 is 13.5 Å². The van der Waals surface area contributed by atoms with Crippen LogP contribution in [-0.2, 0) is 16.6 Å². The number of sulfonamides is 1. The lowest BCUT2D eigenvalue weighted by molar-refractivity contribution is 0.0672. The van der Waals surface area contributed by atoms with Gasteiger partial charge in [0.2, 0.25) is 0 Å². The molecule has 2 fully saturated rings. The molecule has 1 aromatic heterocycles. The molecule has 1 N–H and O–H groups in total. The van der Waals surface area contributed by atoms with Gasteiger partial charge < -0.3 is 10.0 Å². The van der Waals surface area contributed by atoms with Crippen LogP contribution in [0.4, 0.5) is 0 Å². The molecule has 0 radical (unpaired) electrons. The average Bonchev–Trinajstić information content (AvgIpc) is 2.97. The Hall–Kier alpha value is -0.470. The van der Waals surface area contributed by atoms with Crippen LogP contribution in [0.3, 0.4) is 0 Å². The number of piperidine rings is 2. The van der Waals surface area contributed by atoms with Gasteiger partial charge in [0, 0.05) is 19.1 Å². The van der Waals surface area contributed by atoms with Crippen LogP contribution in [0.1, 0.15) is 24.8 Å². The highest BCUT2D eigenvalue weighted by molar-refractivity contribution is 7.91. The summed E-state index contributed by atoms with van der Waals surface area (Å²) >= 11 is 1.20. The first kappa shape index (κ1) is 15.4. The van der Waals surface area contributed by atoms with Crippen LogP contribution >= 0.6 is 11.3 Å². The molecule has 7 heteroatoms. The summed E-state index contributed by atoms with van der Waals surface area (Å²) in [5.41, 5.74) is 0.672. The zero-order valence-corrected chi connectivity index (χ0v) is 13.9. The second-order valence-electron chi connectivity index (χ2n) is 6.03. The Morgan fingerprint density at radius 3 is 2.90 bits per heavy atom. The number of hydrogen-bond donors (Lipinski definition) is 1. The molecule has 1 aromatic rings. The second kappa shape index (κ2) is 5.96. The highest BCUT2D eigenvalue weighted by Gasteiger charge is 2.39. The molecule has 2 atom stereocenters. The first-order valence-electron chi connectivity index (χ1n) is 7.41. The van der Waals surface area contributed by atoms with Crippen molar-refractivity contribution in [1.29, 1.82) is 0 Å². The van der Waals surface area contributed by atoms with Crippen molar-refractivity contribution in [1.82, 2.24) is 9.21 Å². The highest BCUT2D eigenvalue weighted by Crippen LogP contribution is 2.33. The normalized spacial score (nSPS) is 28.5. The molecule has 2 unspecified atom stereocenters. The second-order valence-corrected chi connectivity index (χ2v) is 9.11. The van der Waals surface area contributed by atoms with E-state index in [4.69, 9.17) is 5.11 Å². The fourth-order valence-corrected chi connectivity index (χ4v) is 6.40. The largest absolute Gasteiger partial charge is 0.392 e. The summed E-state index contributed by atoms with van der Waals surface area (Å²) in [5.74, 6) is 0.449. The van der Waals surface area contributed by atoms with Gasteiger partial charge in [0.25, 0.3) is 10.0 Å². The maximum Gasteiger partial charge on any atom is 0.252 e. The molecule has 0 saturated carbocycles. The smallest absolute Gasteiger partial charge is 0.252 e. The topological polar surface area (TPSA) is 60.9 Å². The molecule has 0 spiro atoms. The van der Waals surface area contributed by atoms with E-state index in [9.17, 15) is 8.42 Å². The molecule has 3 heterocycles. The van der Waals surface area contributed by atoms with Crippen molar-refractivity contribution in [3.63, 3.8) is 0 Å². The third-order valence-electron chi connectivity index (χ3n) is 4.71. The van der Waals surface area contributed by atoms with Crippen LogP contribution < -0.4 is 0 Å². The van der Waals surface area contributed by atoms with Crippen molar-refractivity contribution in [3.05, 3.63) is 17.0 Å². The predicted octanol–water partition coefficient (Wildman–Crippen LogP) is 1.35. The van der Waals surface area contributed by atoms with Gasteiger partial charge in [-0.05, 0) is 55.8 Å². The number of thiophene rings is 1. The number of fused-ring (bicyclic) bond motifs is 1. The van der Waals surface area contributed by atoms with Gasteiger partial charge in [0.15, 0.2) is 0 Å². The van der Waals surface area contributed by atoms with Gasteiger partial charge in [-0.2, -0.15) is 4.31 Å². The van der Waals surface area contributed by atoms with Gasteiger partial charge >= 0.3 is 0 Å². The minimum Gasteiger partial charge on any atom is -0.392 e. The Morgan fingerprint density at radius 1 is 1.38 bits per heavy atom. The fraction of sp³-hybridized carbons (Fsp3) is 0.714. The van der Waals surface area contributed by atoms with Gasteiger partial charge in [0.05, 0.1) is 6.61 Å². The van der Waals surface area contributed by atoms with Crippen LogP contribution in [-0.4, -0.2) is 55.5 Å². The molecule has 0 aliphatic carbocycles. The van der Waals surface area contributed by atoms with Gasteiger partial charge in [-0.15, -0.1) is 11.3 Å². The van der Waals surface area contributed by atoms with E-state index >= 15 is 0 Å². The van der Waals surface area contributed by atoms with E-state index in [1.54, 1.807) is 15.8 Å². The van der Waals surface area contributed by atoms with E-state index in [-0.39, 0.29) is 6.61 Å². The summed E-state index contributed by atoms with van der Waals surface area (Å²) in [6.45, 7) is 2.24. The van der Waals surface area contributed by atoms with Crippen LogP contribution in [0, 0.1) is 5.92 Å². The lowest BCUT2D eigenvalue weighted by Crippen LogP contribution is -2.53. The van der Waals surface area contributed by atoms with E-state index in [0.29, 0.717) is 34.8 Å². The maximum absolute atomic E-state index is 12.7. The van der Waals surface area contributed by atoms with Crippen molar-refractivity contribution in [2.75, 3.05) is 26.7 Å². The molecule has 0 amide bonds. The van der Waals surface area contributed by atoms with E-state index in [1.165, 1.54) is 11.3 Å². The first-order chi connectivity index (χ1) is 10.0. The summed E-state index contributed by atoms with van der Waals surface area (Å²) in [4.78, 5) is 2.38. The zero-order valence-electron chi connectivity index (χ0n) is 12.2. The average molecular weight is 330 g/mol. The SMILES string of the molecule is CN1CCCC2CN(S(=O)(=O)c3cc(CO)cs3)CCC21. The minimum atomic E-state index is -3.40. The third-order valence-corrected chi connectivity index (χ3v) is 8.04. The molecule has 118 valence electrons. The van der Waals surface area contributed by atoms with E-state index in [2.05, 4.69) is 11.9 Å².